The van der Waals surface area contributed by atoms with Gasteiger partial charge in [-0.3, -0.25) is 9.59 Å². The van der Waals surface area contributed by atoms with E-state index in [0.29, 0.717) is 44.0 Å². The lowest BCUT2D eigenvalue weighted by atomic mass is 9.71. The number of aromatic nitrogens is 1. The molecule has 182 valence electrons. The molecule has 6 nitrogen and oxygen atoms in total. The highest BCUT2D eigenvalue weighted by Crippen LogP contribution is 2.46. The van der Waals surface area contributed by atoms with Crippen LogP contribution in [-0.2, 0) is 11.2 Å². The average molecular weight is 483 g/mol. The summed E-state index contributed by atoms with van der Waals surface area (Å²) < 4.78 is 40.8. The zero-order valence-corrected chi connectivity index (χ0v) is 18.9. The summed E-state index contributed by atoms with van der Waals surface area (Å²) in [5.74, 6) is -1.57. The predicted molar refractivity (Wildman–Crippen MR) is 127 cm³/mol. The second-order valence-corrected chi connectivity index (χ2v) is 9.44. The van der Waals surface area contributed by atoms with E-state index in [1.807, 2.05) is 9.80 Å². The molecule has 9 heteroatoms. The lowest BCUT2D eigenvalue weighted by molar-refractivity contribution is -0.130. The van der Waals surface area contributed by atoms with Gasteiger partial charge in [-0.05, 0) is 48.0 Å². The van der Waals surface area contributed by atoms with Crippen molar-refractivity contribution in [3.05, 3.63) is 94.2 Å². The van der Waals surface area contributed by atoms with Gasteiger partial charge in [-0.1, -0.05) is 0 Å². The first-order chi connectivity index (χ1) is 16.8. The molecule has 1 unspecified atom stereocenters. The molecule has 1 atom stereocenters. The fraction of sp³-hybridized carbons (Fsp3) is 0.308. The minimum atomic E-state index is -0.628. The van der Waals surface area contributed by atoms with Crippen molar-refractivity contribution in [1.29, 1.82) is 0 Å². The molecule has 3 heterocycles. The molecule has 1 amide bonds. The van der Waals surface area contributed by atoms with Gasteiger partial charge < -0.3 is 20.1 Å². The summed E-state index contributed by atoms with van der Waals surface area (Å²) in [5.41, 5.74) is 1.39. The number of hydrogen-bond acceptors (Lipinski definition) is 4. The molecule has 2 aromatic carbocycles. The Kier molecular flexibility index (Phi) is 6.00. The number of carbonyl (C=O) groups is 1. The van der Waals surface area contributed by atoms with Crippen molar-refractivity contribution in [3.63, 3.8) is 0 Å². The maximum Gasteiger partial charge on any atom is 0.248 e. The van der Waals surface area contributed by atoms with Gasteiger partial charge in [0.2, 0.25) is 11.5 Å². The van der Waals surface area contributed by atoms with Crippen molar-refractivity contribution < 1.29 is 18.0 Å². The number of aromatic amines is 1. The number of rotatable bonds is 6. The van der Waals surface area contributed by atoms with Crippen LogP contribution in [0, 0.1) is 28.8 Å². The number of nitrogens with zero attached hydrogens (tertiary/aromatic N) is 2. The monoisotopic (exact) mass is 482 g/mol. The lowest BCUT2D eigenvalue weighted by Gasteiger charge is -2.52. The quantitative estimate of drug-likeness (QED) is 0.565. The zero-order chi connectivity index (χ0) is 24.6. The zero-order valence-electron chi connectivity index (χ0n) is 18.9. The van der Waals surface area contributed by atoms with Crippen LogP contribution in [0.3, 0.4) is 0 Å². The van der Waals surface area contributed by atoms with Crippen LogP contribution in [0.4, 0.5) is 24.5 Å². The number of likely N-dealkylation sites (tertiary alicyclic amines) is 1. The van der Waals surface area contributed by atoms with Gasteiger partial charge in [-0.15, -0.1) is 0 Å². The van der Waals surface area contributed by atoms with Crippen molar-refractivity contribution >= 4 is 17.3 Å². The molecule has 35 heavy (non-hydrogen) atoms. The molecule has 2 saturated heterocycles. The molecule has 1 spiro atoms. The van der Waals surface area contributed by atoms with Gasteiger partial charge in [-0.25, -0.2) is 13.2 Å². The van der Waals surface area contributed by atoms with E-state index >= 15 is 0 Å². The summed E-state index contributed by atoms with van der Waals surface area (Å²) in [4.78, 5) is 31.0. The second kappa shape index (κ2) is 9.13. The highest BCUT2D eigenvalue weighted by molar-refractivity contribution is 5.79. The largest absolute Gasteiger partial charge is 0.385 e. The summed E-state index contributed by atoms with van der Waals surface area (Å²) in [6.07, 6.45) is 1.64. The van der Waals surface area contributed by atoms with E-state index in [2.05, 4.69) is 10.3 Å². The Labute approximate surface area is 200 Å². The first-order valence-electron chi connectivity index (χ1n) is 11.5. The molecule has 2 N–H and O–H groups in total. The van der Waals surface area contributed by atoms with Crippen molar-refractivity contribution in [2.24, 2.45) is 11.3 Å². The minimum Gasteiger partial charge on any atom is -0.385 e. The van der Waals surface area contributed by atoms with Crippen molar-refractivity contribution in [3.8, 4) is 0 Å². The Bertz CT molecular complexity index is 1270. The third-order valence-electron chi connectivity index (χ3n) is 6.98. The van der Waals surface area contributed by atoms with Crippen LogP contribution in [0.15, 0.2) is 65.6 Å². The molecule has 2 aliphatic heterocycles. The van der Waals surface area contributed by atoms with Crippen molar-refractivity contribution in [2.75, 3.05) is 42.9 Å². The number of benzene rings is 2. The van der Waals surface area contributed by atoms with Gasteiger partial charge >= 0.3 is 0 Å². The molecule has 3 aromatic rings. The SMILES string of the molecule is O=C(Cc1cc[nH]c(=O)c1)N1CC(CNc2ccc(F)cc2)C2(C1)CN(c1cc(F)cc(F)c1)C2. The van der Waals surface area contributed by atoms with Gasteiger partial charge in [-0.2, -0.15) is 0 Å². The maximum atomic E-state index is 13.8. The normalized spacial score (nSPS) is 18.5. The highest BCUT2D eigenvalue weighted by Gasteiger charge is 2.55. The Balaban J connectivity index is 1.32. The number of hydrogen-bond donors (Lipinski definition) is 2. The van der Waals surface area contributed by atoms with E-state index in [1.165, 1.54) is 36.5 Å². The van der Waals surface area contributed by atoms with E-state index in [1.54, 1.807) is 18.2 Å². The Morgan fingerprint density at radius 3 is 2.37 bits per heavy atom. The number of H-pyrrole nitrogens is 1. The molecule has 5 rings (SSSR count). The van der Waals surface area contributed by atoms with Crippen LogP contribution in [0.5, 0.6) is 0 Å². The molecular formula is C26H25F3N4O2. The molecule has 0 saturated carbocycles. The fourth-order valence-electron chi connectivity index (χ4n) is 5.18. The summed E-state index contributed by atoms with van der Waals surface area (Å²) in [6.45, 7) is 2.70. The molecule has 0 bridgehead atoms. The van der Waals surface area contributed by atoms with E-state index in [9.17, 15) is 22.8 Å². The maximum absolute atomic E-state index is 13.8. The van der Waals surface area contributed by atoms with Gasteiger partial charge in [0.1, 0.15) is 17.5 Å². The summed E-state index contributed by atoms with van der Waals surface area (Å²) in [5, 5.41) is 3.34. The minimum absolute atomic E-state index is 0.0744. The smallest absolute Gasteiger partial charge is 0.248 e. The van der Waals surface area contributed by atoms with Gasteiger partial charge in [0.05, 0.1) is 6.42 Å². The Morgan fingerprint density at radius 2 is 1.69 bits per heavy atom. The Hall–Kier alpha value is -3.75. The van der Waals surface area contributed by atoms with Crippen LogP contribution in [-0.4, -0.2) is 48.5 Å². The molecule has 0 aliphatic carbocycles. The fourth-order valence-corrected chi connectivity index (χ4v) is 5.18. The van der Waals surface area contributed by atoms with E-state index in [0.717, 1.165) is 11.8 Å². The first kappa shape index (κ1) is 23.0. The molecule has 2 fully saturated rings. The van der Waals surface area contributed by atoms with Gasteiger partial charge in [0.25, 0.3) is 0 Å². The molecule has 2 aliphatic rings. The van der Waals surface area contributed by atoms with Crippen molar-refractivity contribution in [2.45, 2.75) is 6.42 Å². The van der Waals surface area contributed by atoms with Crippen LogP contribution in [0.2, 0.25) is 0 Å². The third kappa shape index (κ3) is 4.89. The molecular weight excluding hydrogens is 457 g/mol. The molecule has 0 radical (unpaired) electrons. The van der Waals surface area contributed by atoms with Crippen molar-refractivity contribution in [1.82, 2.24) is 9.88 Å². The number of amides is 1. The number of nitrogens with one attached hydrogen (secondary N) is 2. The topological polar surface area (TPSA) is 68.4 Å². The van der Waals surface area contributed by atoms with Crippen LogP contribution in [0.1, 0.15) is 5.56 Å². The van der Waals surface area contributed by atoms with E-state index in [4.69, 9.17) is 0 Å². The summed E-state index contributed by atoms with van der Waals surface area (Å²) in [6, 6.07) is 12.7. The van der Waals surface area contributed by atoms with Gasteiger partial charge in [0, 0.05) is 73.8 Å². The van der Waals surface area contributed by atoms with Crippen LogP contribution < -0.4 is 15.8 Å². The summed E-state index contributed by atoms with van der Waals surface area (Å²) in [7, 11) is 0. The molecule has 1 aromatic heterocycles. The lowest BCUT2D eigenvalue weighted by Crippen LogP contribution is -2.61. The second-order valence-electron chi connectivity index (χ2n) is 9.44. The number of pyridine rings is 1. The van der Waals surface area contributed by atoms with Crippen LogP contribution in [0.25, 0.3) is 0 Å². The Morgan fingerprint density at radius 1 is 0.971 bits per heavy atom. The average Bonchev–Trinajstić information content (AvgIpc) is 3.17. The van der Waals surface area contributed by atoms with Crippen LogP contribution >= 0.6 is 0 Å². The van der Waals surface area contributed by atoms with Gasteiger partial charge in [0.15, 0.2) is 0 Å². The summed E-state index contributed by atoms with van der Waals surface area (Å²) >= 11 is 0. The van der Waals surface area contributed by atoms with E-state index < -0.39 is 11.6 Å². The first-order valence-corrected chi connectivity index (χ1v) is 11.5. The number of anilines is 2. The third-order valence-corrected chi connectivity index (χ3v) is 6.98. The van der Waals surface area contributed by atoms with E-state index in [-0.39, 0.29) is 35.0 Å². The number of halogens is 3. The standard InChI is InChI=1S/C26H25F3N4O2/c27-19-1-3-22(4-2-19)31-12-18-13-32(25(35)8-17-5-6-30-24(34)7-17)14-26(18)15-33(16-26)23-10-20(28)9-21(29)11-23/h1-7,9-11,18,31H,8,12-16H2,(H,30,34). The number of carbonyl (C=O) groups excluding carboxylic acids is 1. The predicted octanol–water partition coefficient (Wildman–Crippen LogP) is 3.41. The highest BCUT2D eigenvalue weighted by atomic mass is 19.1.